The summed E-state index contributed by atoms with van der Waals surface area (Å²) in [4.78, 5) is 26.0. The van der Waals surface area contributed by atoms with Gasteiger partial charge in [-0.05, 0) is 39.0 Å². The summed E-state index contributed by atoms with van der Waals surface area (Å²) in [5.74, 6) is -0.162. The van der Waals surface area contributed by atoms with Crippen LogP contribution < -0.4 is 4.74 Å². The van der Waals surface area contributed by atoms with Gasteiger partial charge < -0.3 is 18.8 Å². The topological polar surface area (TPSA) is 69.0 Å². The van der Waals surface area contributed by atoms with Gasteiger partial charge >= 0.3 is 5.97 Å². The van der Waals surface area contributed by atoms with Crippen molar-refractivity contribution in [3.05, 3.63) is 41.7 Å². The lowest BCUT2D eigenvalue weighted by atomic mass is 10.1. The zero-order chi connectivity index (χ0) is 18.6. The average Bonchev–Trinajstić information content (AvgIpc) is 2.93. The maximum atomic E-state index is 12.3. The van der Waals surface area contributed by atoms with Crippen LogP contribution in [0.5, 0.6) is 5.75 Å². The second kappa shape index (κ2) is 7.88. The number of esters is 1. The SMILES string of the molecule is C=C(C)CN(CC)C(=O)COC(=O)c1oc2ccc(OC)cc2c1C. The van der Waals surface area contributed by atoms with Gasteiger partial charge in [0, 0.05) is 24.0 Å². The van der Waals surface area contributed by atoms with Gasteiger partial charge in [0.05, 0.1) is 7.11 Å². The van der Waals surface area contributed by atoms with Crippen LogP contribution in [0.25, 0.3) is 11.0 Å². The van der Waals surface area contributed by atoms with Crippen LogP contribution in [0.15, 0.2) is 34.8 Å². The van der Waals surface area contributed by atoms with Crippen LogP contribution in [0.4, 0.5) is 0 Å². The molecule has 0 aliphatic rings. The second-order valence-electron chi connectivity index (χ2n) is 5.86. The minimum absolute atomic E-state index is 0.0963. The van der Waals surface area contributed by atoms with Gasteiger partial charge in [0.1, 0.15) is 11.3 Å². The first-order valence-electron chi connectivity index (χ1n) is 8.03. The second-order valence-corrected chi connectivity index (χ2v) is 5.86. The summed E-state index contributed by atoms with van der Waals surface area (Å²) in [6.07, 6.45) is 0. The summed E-state index contributed by atoms with van der Waals surface area (Å²) in [5.41, 5.74) is 2.08. The Kier molecular flexibility index (Phi) is 5.85. The van der Waals surface area contributed by atoms with Gasteiger partial charge in [-0.2, -0.15) is 0 Å². The predicted octanol–water partition coefficient (Wildman–Crippen LogP) is 3.33. The van der Waals surface area contributed by atoms with E-state index in [1.807, 2.05) is 13.8 Å². The molecule has 1 aromatic carbocycles. The molecule has 0 N–H and O–H groups in total. The van der Waals surface area contributed by atoms with Crippen molar-refractivity contribution in [1.82, 2.24) is 4.90 Å². The van der Waals surface area contributed by atoms with Gasteiger partial charge in [0.2, 0.25) is 5.76 Å². The van der Waals surface area contributed by atoms with Gasteiger partial charge in [0.25, 0.3) is 5.91 Å². The van der Waals surface area contributed by atoms with E-state index in [2.05, 4.69) is 6.58 Å². The van der Waals surface area contributed by atoms with Crippen LogP contribution in [0.3, 0.4) is 0 Å². The molecule has 6 heteroatoms. The molecule has 0 saturated heterocycles. The van der Waals surface area contributed by atoms with Crippen molar-refractivity contribution in [2.45, 2.75) is 20.8 Å². The van der Waals surface area contributed by atoms with Crippen molar-refractivity contribution in [3.63, 3.8) is 0 Å². The number of hydrogen-bond donors (Lipinski definition) is 0. The molecule has 0 fully saturated rings. The maximum absolute atomic E-state index is 12.3. The third kappa shape index (κ3) is 4.21. The molecular weight excluding hydrogens is 322 g/mol. The Hall–Kier alpha value is -2.76. The summed E-state index contributed by atoms with van der Waals surface area (Å²) in [5, 5.41) is 0.773. The first-order valence-corrected chi connectivity index (χ1v) is 8.03. The lowest BCUT2D eigenvalue weighted by molar-refractivity contribution is -0.134. The zero-order valence-corrected chi connectivity index (χ0v) is 15.0. The summed E-state index contributed by atoms with van der Waals surface area (Å²) in [7, 11) is 1.57. The van der Waals surface area contributed by atoms with Gasteiger partial charge in [-0.15, -0.1) is 0 Å². The summed E-state index contributed by atoms with van der Waals surface area (Å²) in [6.45, 7) is 9.89. The number of rotatable bonds is 7. The Balaban J connectivity index is 2.10. The molecule has 1 amide bonds. The van der Waals surface area contributed by atoms with Crippen LogP contribution >= 0.6 is 0 Å². The van der Waals surface area contributed by atoms with Crippen LogP contribution in [-0.2, 0) is 9.53 Å². The zero-order valence-electron chi connectivity index (χ0n) is 15.0. The normalized spacial score (nSPS) is 10.6. The molecule has 134 valence electrons. The summed E-state index contributed by atoms with van der Waals surface area (Å²) < 4.78 is 15.9. The molecule has 0 radical (unpaired) electrons. The molecule has 0 unspecified atom stereocenters. The molecule has 0 saturated carbocycles. The number of benzene rings is 1. The number of hydrogen-bond acceptors (Lipinski definition) is 5. The Morgan fingerprint density at radius 1 is 1.32 bits per heavy atom. The lowest BCUT2D eigenvalue weighted by Gasteiger charge is -2.20. The van der Waals surface area contributed by atoms with Crippen molar-refractivity contribution in [2.24, 2.45) is 0 Å². The van der Waals surface area contributed by atoms with E-state index in [0.717, 1.165) is 11.0 Å². The highest BCUT2D eigenvalue weighted by Gasteiger charge is 2.21. The average molecular weight is 345 g/mol. The summed E-state index contributed by atoms with van der Waals surface area (Å²) >= 11 is 0. The van der Waals surface area contributed by atoms with E-state index in [0.29, 0.717) is 30.0 Å². The fourth-order valence-electron chi connectivity index (χ4n) is 2.51. The molecule has 6 nitrogen and oxygen atoms in total. The van der Waals surface area contributed by atoms with Crippen LogP contribution in [-0.4, -0.2) is 43.6 Å². The maximum Gasteiger partial charge on any atom is 0.375 e. The number of carbonyl (C=O) groups excluding carboxylic acids is 2. The van der Waals surface area contributed by atoms with E-state index in [1.165, 1.54) is 0 Å². The molecule has 2 aromatic rings. The van der Waals surface area contributed by atoms with Crippen molar-refractivity contribution in [2.75, 3.05) is 26.8 Å². The number of furan rings is 1. The number of amides is 1. The first kappa shape index (κ1) is 18.6. The number of carbonyl (C=O) groups is 2. The van der Waals surface area contributed by atoms with Crippen LogP contribution in [0.2, 0.25) is 0 Å². The van der Waals surface area contributed by atoms with Crippen molar-refractivity contribution in [1.29, 1.82) is 0 Å². The fourth-order valence-corrected chi connectivity index (χ4v) is 2.51. The number of methoxy groups -OCH3 is 1. The standard InChI is InChI=1S/C19H23NO5/c1-6-20(10-12(2)3)17(21)11-24-19(22)18-13(4)15-9-14(23-5)7-8-16(15)25-18/h7-9H,2,6,10-11H2,1,3-5H3. The Morgan fingerprint density at radius 3 is 2.64 bits per heavy atom. The fraction of sp³-hybridized carbons (Fsp3) is 0.368. The molecule has 0 atom stereocenters. The van der Waals surface area contributed by atoms with Crippen molar-refractivity contribution < 1.29 is 23.5 Å². The molecule has 2 rings (SSSR count). The third-order valence-electron chi connectivity index (χ3n) is 3.85. The quantitative estimate of drug-likeness (QED) is 0.569. The van der Waals surface area contributed by atoms with Gasteiger partial charge in [-0.25, -0.2) is 4.79 Å². The lowest BCUT2D eigenvalue weighted by Crippen LogP contribution is -2.35. The number of aryl methyl sites for hydroxylation is 1. The van der Waals surface area contributed by atoms with E-state index >= 15 is 0 Å². The Labute approximate surface area is 147 Å². The molecule has 25 heavy (non-hydrogen) atoms. The first-order chi connectivity index (χ1) is 11.9. The molecule has 1 aromatic heterocycles. The van der Waals surface area contributed by atoms with Crippen molar-refractivity contribution >= 4 is 22.8 Å². The van der Waals surface area contributed by atoms with E-state index < -0.39 is 5.97 Å². The molecule has 0 aliphatic carbocycles. The monoisotopic (exact) mass is 345 g/mol. The van der Waals surface area contributed by atoms with Gasteiger partial charge in [0.15, 0.2) is 6.61 Å². The smallest absolute Gasteiger partial charge is 0.375 e. The van der Waals surface area contributed by atoms with E-state index in [-0.39, 0.29) is 18.3 Å². The predicted molar refractivity (Wildman–Crippen MR) is 94.9 cm³/mol. The molecule has 0 bridgehead atoms. The van der Waals surface area contributed by atoms with Gasteiger partial charge in [-0.1, -0.05) is 12.2 Å². The molecule has 0 aliphatic heterocycles. The van der Waals surface area contributed by atoms with E-state index in [4.69, 9.17) is 13.9 Å². The molecule has 0 spiro atoms. The third-order valence-corrected chi connectivity index (χ3v) is 3.85. The minimum atomic E-state index is -0.660. The largest absolute Gasteiger partial charge is 0.497 e. The highest BCUT2D eigenvalue weighted by Crippen LogP contribution is 2.29. The number of likely N-dealkylation sites (N-methyl/N-ethyl adjacent to an activating group) is 1. The van der Waals surface area contributed by atoms with Gasteiger partial charge in [-0.3, -0.25) is 4.79 Å². The Bertz CT molecular complexity index is 805. The number of nitrogens with zero attached hydrogens (tertiary/aromatic N) is 1. The highest BCUT2D eigenvalue weighted by atomic mass is 16.5. The molecule has 1 heterocycles. The summed E-state index contributed by atoms with van der Waals surface area (Å²) in [6, 6.07) is 5.28. The van der Waals surface area contributed by atoms with Crippen LogP contribution in [0, 0.1) is 6.92 Å². The van der Waals surface area contributed by atoms with E-state index in [1.54, 1.807) is 37.1 Å². The minimum Gasteiger partial charge on any atom is -0.497 e. The van der Waals surface area contributed by atoms with Crippen molar-refractivity contribution in [3.8, 4) is 5.75 Å². The van der Waals surface area contributed by atoms with Crippen LogP contribution in [0.1, 0.15) is 30.0 Å². The number of fused-ring (bicyclic) bond motifs is 1. The molecular formula is C19H23NO5. The number of ether oxygens (including phenoxy) is 2. The van der Waals surface area contributed by atoms with E-state index in [9.17, 15) is 9.59 Å². The Morgan fingerprint density at radius 2 is 2.04 bits per heavy atom. The highest BCUT2D eigenvalue weighted by molar-refractivity contribution is 5.97.